The van der Waals surface area contributed by atoms with Crippen LogP contribution >= 0.6 is 7.37 Å². The molecule has 0 aromatic heterocycles. The van der Waals surface area contributed by atoms with E-state index in [1.54, 1.807) is 7.11 Å². The van der Waals surface area contributed by atoms with Gasteiger partial charge in [-0.2, -0.15) is 0 Å². The maximum Gasteiger partial charge on any atom is 0.258 e. The van der Waals surface area contributed by atoms with Crippen LogP contribution in [-0.4, -0.2) is 27.8 Å². The lowest BCUT2D eigenvalue weighted by Gasteiger charge is -2.31. The van der Waals surface area contributed by atoms with E-state index in [0.717, 1.165) is 22.7 Å². The van der Waals surface area contributed by atoms with Crippen LogP contribution in [0.1, 0.15) is 25.2 Å². The van der Waals surface area contributed by atoms with Crippen LogP contribution in [0.5, 0.6) is 5.75 Å². The molecule has 0 aliphatic rings. The van der Waals surface area contributed by atoms with E-state index in [4.69, 9.17) is 9.26 Å². The smallest absolute Gasteiger partial charge is 0.258 e. The van der Waals surface area contributed by atoms with Gasteiger partial charge >= 0.3 is 0 Å². The summed E-state index contributed by atoms with van der Waals surface area (Å²) >= 11 is 0. The molecule has 0 radical (unpaired) electrons. The molecule has 3 aromatic carbocycles. The Morgan fingerprint density at radius 1 is 0.906 bits per heavy atom. The van der Waals surface area contributed by atoms with Crippen molar-refractivity contribution in [1.82, 2.24) is 0 Å². The SMILES string of the molecule is COc1ccc([C@@H](Nc2ccccc2)[P@](=O)(OCC(C)C)c2ccc(N(C)C)cc2)cc1. The molecule has 2 atom stereocenters. The van der Waals surface area contributed by atoms with Crippen molar-refractivity contribution >= 4 is 24.0 Å². The van der Waals surface area contributed by atoms with E-state index in [2.05, 4.69) is 19.2 Å². The molecule has 0 heterocycles. The summed E-state index contributed by atoms with van der Waals surface area (Å²) in [6.07, 6.45) is 0. The molecule has 3 rings (SSSR count). The number of hydrogen-bond acceptors (Lipinski definition) is 5. The molecular weight excluding hydrogens is 419 g/mol. The molecule has 0 saturated heterocycles. The Morgan fingerprint density at radius 3 is 2.06 bits per heavy atom. The van der Waals surface area contributed by atoms with Crippen molar-refractivity contribution in [3.63, 3.8) is 0 Å². The van der Waals surface area contributed by atoms with Gasteiger partial charge in [0.1, 0.15) is 11.5 Å². The summed E-state index contributed by atoms with van der Waals surface area (Å²) in [4.78, 5) is 2.02. The molecule has 6 heteroatoms. The summed E-state index contributed by atoms with van der Waals surface area (Å²) < 4.78 is 26.3. The Balaban J connectivity index is 2.11. The monoisotopic (exact) mass is 452 g/mol. The maximum atomic E-state index is 14.7. The Morgan fingerprint density at radius 2 is 1.53 bits per heavy atom. The highest BCUT2D eigenvalue weighted by molar-refractivity contribution is 7.67. The van der Waals surface area contributed by atoms with Gasteiger partial charge in [-0.05, 0) is 60.0 Å². The first-order valence-corrected chi connectivity index (χ1v) is 12.5. The zero-order valence-electron chi connectivity index (χ0n) is 19.5. The molecule has 1 N–H and O–H groups in total. The molecule has 3 aromatic rings. The highest BCUT2D eigenvalue weighted by Crippen LogP contribution is 2.59. The van der Waals surface area contributed by atoms with Crippen LogP contribution in [0.4, 0.5) is 11.4 Å². The molecule has 0 saturated carbocycles. The fourth-order valence-electron chi connectivity index (χ4n) is 3.36. The van der Waals surface area contributed by atoms with Gasteiger partial charge in [-0.3, -0.25) is 4.57 Å². The van der Waals surface area contributed by atoms with Crippen molar-refractivity contribution in [3.05, 3.63) is 84.4 Å². The zero-order valence-corrected chi connectivity index (χ0v) is 20.4. The summed E-state index contributed by atoms with van der Waals surface area (Å²) in [7, 11) is 2.24. The van der Waals surface area contributed by atoms with Crippen molar-refractivity contribution in [1.29, 1.82) is 0 Å². The lowest BCUT2D eigenvalue weighted by atomic mass is 10.2. The van der Waals surface area contributed by atoms with Crippen LogP contribution in [0.3, 0.4) is 0 Å². The molecule has 0 amide bonds. The summed E-state index contributed by atoms with van der Waals surface area (Å²) in [6, 6.07) is 25.3. The van der Waals surface area contributed by atoms with Gasteiger partial charge in [0.25, 0.3) is 7.37 Å². The van der Waals surface area contributed by atoms with Crippen molar-refractivity contribution in [3.8, 4) is 5.75 Å². The molecule has 5 nitrogen and oxygen atoms in total. The third-order valence-corrected chi connectivity index (χ3v) is 7.83. The Bertz CT molecular complexity index is 1020. The highest BCUT2D eigenvalue weighted by Gasteiger charge is 2.38. The lowest BCUT2D eigenvalue weighted by molar-refractivity contribution is 0.272. The van der Waals surface area contributed by atoms with Crippen LogP contribution in [-0.2, 0) is 9.09 Å². The lowest BCUT2D eigenvalue weighted by Crippen LogP contribution is -2.22. The molecule has 170 valence electrons. The predicted molar refractivity (Wildman–Crippen MR) is 135 cm³/mol. The van der Waals surface area contributed by atoms with Crippen LogP contribution in [0.25, 0.3) is 0 Å². The predicted octanol–water partition coefficient (Wildman–Crippen LogP) is 6.15. The first-order valence-electron chi connectivity index (χ1n) is 10.8. The van der Waals surface area contributed by atoms with Crippen molar-refractivity contribution in [2.24, 2.45) is 5.92 Å². The van der Waals surface area contributed by atoms with Crippen molar-refractivity contribution in [2.45, 2.75) is 19.6 Å². The summed E-state index contributed by atoms with van der Waals surface area (Å²) in [6.45, 7) is 4.52. The average Bonchev–Trinajstić information content (AvgIpc) is 2.82. The van der Waals surface area contributed by atoms with Gasteiger partial charge in [0.05, 0.1) is 13.7 Å². The second kappa shape index (κ2) is 10.7. The quantitative estimate of drug-likeness (QED) is 0.374. The van der Waals surface area contributed by atoms with Gasteiger partial charge in [0.2, 0.25) is 0 Å². The number of anilines is 2. The molecule has 0 bridgehead atoms. The fourth-order valence-corrected chi connectivity index (χ4v) is 5.92. The standard InChI is InChI=1S/C26H33N2O3P/c1-20(2)19-31-32(29,25-17-13-23(14-18-25)28(3)4)26(27-22-9-7-6-8-10-22)21-11-15-24(30-5)16-12-21/h6-18,20,26-27H,19H2,1-5H3/t26-,32+/m0/s1. The second-order valence-corrected chi connectivity index (χ2v) is 10.9. The van der Waals surface area contributed by atoms with E-state index in [1.807, 2.05) is 97.9 Å². The molecule has 32 heavy (non-hydrogen) atoms. The number of hydrogen-bond donors (Lipinski definition) is 1. The van der Waals surface area contributed by atoms with E-state index < -0.39 is 13.2 Å². The third kappa shape index (κ3) is 5.73. The van der Waals surface area contributed by atoms with Crippen LogP contribution in [0.2, 0.25) is 0 Å². The number of benzene rings is 3. The average molecular weight is 453 g/mol. The van der Waals surface area contributed by atoms with E-state index in [0.29, 0.717) is 11.9 Å². The number of para-hydroxylation sites is 1. The third-order valence-electron chi connectivity index (χ3n) is 5.17. The Labute approximate surface area is 191 Å². The summed E-state index contributed by atoms with van der Waals surface area (Å²) in [5.41, 5.74) is 2.80. The van der Waals surface area contributed by atoms with E-state index >= 15 is 0 Å². The minimum absolute atomic E-state index is 0.248. The van der Waals surface area contributed by atoms with Crippen LogP contribution in [0, 0.1) is 5.92 Å². The van der Waals surface area contributed by atoms with E-state index in [-0.39, 0.29) is 5.92 Å². The number of nitrogens with zero attached hydrogens (tertiary/aromatic N) is 1. The van der Waals surface area contributed by atoms with Gasteiger partial charge < -0.3 is 19.5 Å². The van der Waals surface area contributed by atoms with Gasteiger partial charge in [-0.1, -0.05) is 44.2 Å². The summed E-state index contributed by atoms with van der Waals surface area (Å²) in [5.74, 6) is 0.442. The molecule has 0 aliphatic carbocycles. The molecule has 0 spiro atoms. The number of ether oxygens (including phenoxy) is 1. The first kappa shape index (κ1) is 23.9. The van der Waals surface area contributed by atoms with Crippen molar-refractivity contribution < 1.29 is 13.8 Å². The molecule has 0 aliphatic heterocycles. The Kier molecular flexibility index (Phi) is 8.00. The van der Waals surface area contributed by atoms with Gasteiger partial charge in [0.15, 0.2) is 0 Å². The molecule has 0 unspecified atom stereocenters. The highest BCUT2D eigenvalue weighted by atomic mass is 31.2. The number of rotatable bonds is 10. The molecular formula is C26H33N2O3P. The second-order valence-electron chi connectivity index (χ2n) is 8.38. The van der Waals surface area contributed by atoms with Gasteiger partial charge in [-0.15, -0.1) is 0 Å². The van der Waals surface area contributed by atoms with Crippen LogP contribution in [0.15, 0.2) is 78.9 Å². The fraction of sp³-hybridized carbons (Fsp3) is 0.308. The number of methoxy groups -OCH3 is 1. The maximum absolute atomic E-state index is 14.7. The zero-order chi connectivity index (χ0) is 23.1. The molecule has 0 fully saturated rings. The Hall–Kier alpha value is -2.75. The van der Waals surface area contributed by atoms with Gasteiger partial charge in [0, 0.05) is 30.8 Å². The van der Waals surface area contributed by atoms with Crippen LogP contribution < -0.4 is 20.3 Å². The minimum atomic E-state index is -3.37. The van der Waals surface area contributed by atoms with Gasteiger partial charge in [-0.25, -0.2) is 0 Å². The number of nitrogens with one attached hydrogen (secondary N) is 1. The summed E-state index contributed by atoms with van der Waals surface area (Å²) in [5, 5.41) is 4.18. The van der Waals surface area contributed by atoms with E-state index in [1.165, 1.54) is 0 Å². The largest absolute Gasteiger partial charge is 0.497 e. The normalized spacial score (nSPS) is 13.9. The van der Waals surface area contributed by atoms with E-state index in [9.17, 15) is 4.57 Å². The van der Waals surface area contributed by atoms with Crippen molar-refractivity contribution in [2.75, 3.05) is 38.0 Å². The topological polar surface area (TPSA) is 50.8 Å². The minimum Gasteiger partial charge on any atom is -0.497 e. The first-order chi connectivity index (χ1) is 15.3.